The molecule has 1 amide bonds. The Morgan fingerprint density at radius 3 is 2.51 bits per heavy atom. The van der Waals surface area contributed by atoms with E-state index in [0.29, 0.717) is 48.6 Å². The molecule has 2 saturated heterocycles. The Bertz CT molecular complexity index is 3000. The van der Waals surface area contributed by atoms with E-state index in [2.05, 4.69) is 74.5 Å². The Morgan fingerprint density at radius 1 is 1.04 bits per heavy atom. The van der Waals surface area contributed by atoms with E-state index in [0.717, 1.165) is 75.3 Å². The Labute approximate surface area is 412 Å². The molecule has 4 fully saturated rings. The maximum atomic E-state index is 15.7. The molecule has 2 aromatic heterocycles. The van der Waals surface area contributed by atoms with Gasteiger partial charge in [-0.05, 0) is 122 Å². The number of pyridine rings is 1. The smallest absolute Gasteiger partial charge is 0.268 e. The number of aliphatic hydroxyl groups is 1. The third kappa shape index (κ3) is 9.24. The number of hydrogen-bond acceptors (Lipinski definition) is 12. The first kappa shape index (κ1) is 48.3. The van der Waals surface area contributed by atoms with Crippen molar-refractivity contribution in [3.05, 3.63) is 112 Å². The molecule has 3 aromatic carbocycles. The second-order valence-corrected chi connectivity index (χ2v) is 23.4. The van der Waals surface area contributed by atoms with Crippen molar-refractivity contribution in [3.63, 3.8) is 0 Å². The minimum absolute atomic E-state index is 0.0188. The molecule has 370 valence electrons. The van der Waals surface area contributed by atoms with Crippen molar-refractivity contribution >= 4 is 65.9 Å². The molecule has 2 aliphatic heterocycles. The van der Waals surface area contributed by atoms with Crippen molar-refractivity contribution in [2.24, 2.45) is 11.3 Å². The number of rotatable bonds is 13. The predicted molar refractivity (Wildman–Crippen MR) is 270 cm³/mol. The number of piperidine rings is 1. The summed E-state index contributed by atoms with van der Waals surface area (Å²) >= 11 is 1.06. The molecule has 13 nitrogen and oxygen atoms in total. The topological polar surface area (TPSA) is 164 Å². The molecule has 17 heteroatoms. The van der Waals surface area contributed by atoms with E-state index in [1.807, 2.05) is 6.92 Å². The fraction of sp³-hybridized carbons (Fsp3) is 0.453. The molecule has 3 aliphatic carbocycles. The Hall–Kier alpha value is -5.30. The summed E-state index contributed by atoms with van der Waals surface area (Å²) in [5, 5.41) is 26.6. The Balaban J connectivity index is 0.893. The number of benzene rings is 3. The number of likely N-dealkylation sites (tertiary alicyclic amines) is 1. The molecule has 0 radical (unpaired) electrons. The molecule has 3 atom stereocenters. The number of amides is 1. The number of nitrogens with zero attached hydrogens (tertiary/aromatic N) is 4. The van der Waals surface area contributed by atoms with E-state index in [1.165, 1.54) is 55.1 Å². The maximum Gasteiger partial charge on any atom is 0.268 e. The SMILES string of the molecule is C=C1C=C(F)c2cc(Oc3cc(N4CCC5(CC4)CN([C@H]4CCC[C@H]4c4ccccc4C(C)C)C5)ccc3C(=O)NS(=O)(=O)c3cc([NH+](C)[O-])c(NC[C@H]4CC[C@](C)(O)CC4)c4ncsc34)c(F)nc21. The van der Waals surface area contributed by atoms with Crippen LogP contribution < -0.4 is 24.7 Å². The number of carbonyl (C=O) groups excluding carboxylic acids is 1. The number of allylic oxidation sites excluding steroid dienone is 2. The van der Waals surface area contributed by atoms with Crippen LogP contribution in [-0.4, -0.2) is 85.7 Å². The monoisotopic (exact) mass is 993 g/mol. The summed E-state index contributed by atoms with van der Waals surface area (Å²) in [6.45, 7) is 14.2. The van der Waals surface area contributed by atoms with Gasteiger partial charge in [0.05, 0.1) is 34.1 Å². The number of quaternary nitrogens is 1. The van der Waals surface area contributed by atoms with Crippen molar-refractivity contribution in [3.8, 4) is 11.5 Å². The summed E-state index contributed by atoms with van der Waals surface area (Å²) in [5.41, 5.74) is 5.36. The van der Waals surface area contributed by atoms with E-state index < -0.39 is 44.1 Å². The van der Waals surface area contributed by atoms with Crippen molar-refractivity contribution in [1.82, 2.24) is 19.6 Å². The van der Waals surface area contributed by atoms with Gasteiger partial charge in [-0.25, -0.2) is 27.5 Å². The Kier molecular flexibility index (Phi) is 12.9. The van der Waals surface area contributed by atoms with Crippen molar-refractivity contribution in [1.29, 1.82) is 0 Å². The van der Waals surface area contributed by atoms with Crippen LogP contribution in [0, 0.1) is 22.5 Å². The predicted octanol–water partition coefficient (Wildman–Crippen LogP) is 9.44. The number of nitrogens with one attached hydrogen (secondary N) is 3. The number of hydrogen-bond donors (Lipinski definition) is 4. The molecule has 4 heterocycles. The molecule has 10 rings (SSSR count). The number of hydroxylamine groups is 1. The maximum absolute atomic E-state index is 15.7. The van der Waals surface area contributed by atoms with E-state index in [1.54, 1.807) is 12.1 Å². The van der Waals surface area contributed by atoms with Gasteiger partial charge in [-0.2, -0.15) is 4.39 Å². The summed E-state index contributed by atoms with van der Waals surface area (Å²) in [5.74, 6) is -2.19. The number of thiazole rings is 1. The molecule has 5 aromatic rings. The van der Waals surface area contributed by atoms with E-state index >= 15 is 4.39 Å². The molecule has 5 aliphatic rings. The van der Waals surface area contributed by atoms with Crippen LogP contribution in [0.2, 0.25) is 0 Å². The fourth-order valence-corrected chi connectivity index (χ4v) is 14.0. The number of anilines is 2. The lowest BCUT2D eigenvalue weighted by Gasteiger charge is -2.57. The van der Waals surface area contributed by atoms with Crippen LogP contribution in [0.5, 0.6) is 11.5 Å². The van der Waals surface area contributed by atoms with Gasteiger partial charge in [-0.15, -0.1) is 11.3 Å². The van der Waals surface area contributed by atoms with Crippen LogP contribution in [0.3, 0.4) is 0 Å². The third-order valence-electron chi connectivity index (χ3n) is 15.7. The lowest BCUT2D eigenvalue weighted by atomic mass is 9.70. The van der Waals surface area contributed by atoms with Gasteiger partial charge >= 0.3 is 0 Å². The second kappa shape index (κ2) is 18.7. The van der Waals surface area contributed by atoms with E-state index in [4.69, 9.17) is 4.74 Å². The van der Waals surface area contributed by atoms with Gasteiger partial charge < -0.3 is 30.3 Å². The van der Waals surface area contributed by atoms with Gasteiger partial charge in [-0.1, -0.05) is 51.1 Å². The van der Waals surface area contributed by atoms with Crippen molar-refractivity contribution in [2.45, 2.75) is 107 Å². The summed E-state index contributed by atoms with van der Waals surface area (Å²) in [6, 6.07) is 16.6. The quantitative estimate of drug-likeness (QED) is 0.0656. The first-order valence-corrected chi connectivity index (χ1v) is 26.9. The van der Waals surface area contributed by atoms with Crippen LogP contribution in [0.4, 0.5) is 25.8 Å². The largest absolute Gasteiger partial charge is 0.629 e. The van der Waals surface area contributed by atoms with Crippen LogP contribution in [0.15, 0.2) is 77.7 Å². The van der Waals surface area contributed by atoms with Crippen LogP contribution in [0.1, 0.15) is 123 Å². The van der Waals surface area contributed by atoms with Gasteiger partial charge in [0.25, 0.3) is 21.9 Å². The highest BCUT2D eigenvalue weighted by atomic mass is 32.2. The van der Waals surface area contributed by atoms with Crippen LogP contribution in [-0.2, 0) is 10.0 Å². The molecule has 2 saturated carbocycles. The van der Waals surface area contributed by atoms with Gasteiger partial charge in [-0.3, -0.25) is 9.69 Å². The first-order chi connectivity index (χ1) is 33.4. The molecule has 0 bridgehead atoms. The minimum atomic E-state index is -4.68. The van der Waals surface area contributed by atoms with E-state index in [-0.39, 0.29) is 60.3 Å². The number of carbonyl (C=O) groups is 1. The number of sulfonamides is 1. The number of fused-ring (bicyclic) bond motifs is 2. The average Bonchev–Trinajstić information content (AvgIpc) is 4.07. The van der Waals surface area contributed by atoms with Crippen LogP contribution >= 0.6 is 11.3 Å². The standard InChI is InChI=1S/C53H61F2N7O6S2/c1-31(2)35-9-6-7-10-36(35)37-11-8-12-41(37)62-28-53(29-62)19-21-61(22-20-53)34-13-14-38(43(24-34)68-44-25-39-40(54)23-32(3)46(39)58-50(44)55)51(63)59-70(66,67)45-26-42(60(5)65)47(48-49(45)69-30-57-48)56-27-33-15-17-52(4,64)18-16-33/h6-7,9-10,13-14,23-26,30-31,33,37,41,56,60,64H,3,8,11-12,15-22,27-29H2,1-2,4-5H3,(H,59,63)/t33-,37-,41-,52-/m0/s1. The molecular weight excluding hydrogens is 933 g/mol. The second-order valence-electron chi connectivity index (χ2n) is 20.9. The highest BCUT2D eigenvalue weighted by Crippen LogP contribution is 2.49. The van der Waals surface area contributed by atoms with Crippen LogP contribution in [0.25, 0.3) is 21.6 Å². The highest BCUT2D eigenvalue weighted by molar-refractivity contribution is 7.90. The molecule has 1 spiro atoms. The molecule has 1 unspecified atom stereocenters. The normalized spacial score (nSPS) is 23.9. The third-order valence-corrected chi connectivity index (χ3v) is 18.0. The van der Waals surface area contributed by atoms with Gasteiger partial charge in [0, 0.05) is 62.1 Å². The summed E-state index contributed by atoms with van der Waals surface area (Å²) < 4.78 is 68.0. The van der Waals surface area contributed by atoms with Crippen molar-refractivity contribution < 1.29 is 36.9 Å². The molecule has 4 N–H and O–H groups in total. The zero-order valence-corrected chi connectivity index (χ0v) is 41.7. The number of ether oxygens (including phenoxy) is 1. The average molecular weight is 994 g/mol. The molecule has 70 heavy (non-hydrogen) atoms. The lowest BCUT2D eigenvalue weighted by molar-refractivity contribution is -0.750. The zero-order chi connectivity index (χ0) is 49.3. The summed E-state index contributed by atoms with van der Waals surface area (Å²) in [4.78, 5) is 27.3. The Morgan fingerprint density at radius 2 is 1.79 bits per heavy atom. The summed E-state index contributed by atoms with van der Waals surface area (Å²) in [6.07, 6.45) is 9.55. The minimum Gasteiger partial charge on any atom is -0.629 e. The number of aromatic nitrogens is 2. The first-order valence-electron chi connectivity index (χ1n) is 24.5. The lowest BCUT2D eigenvalue weighted by Crippen LogP contribution is -2.98. The number of halogens is 2. The highest BCUT2D eigenvalue weighted by Gasteiger charge is 2.49. The van der Waals surface area contributed by atoms with Gasteiger partial charge in [0.2, 0.25) is 0 Å². The van der Waals surface area contributed by atoms with Crippen molar-refractivity contribution in [2.75, 3.05) is 50.0 Å². The van der Waals surface area contributed by atoms with E-state index in [9.17, 15) is 27.9 Å². The van der Waals surface area contributed by atoms with Gasteiger partial charge in [0.1, 0.15) is 27.7 Å². The molecular formula is C53H61F2N7O6S2. The zero-order valence-electron chi connectivity index (χ0n) is 40.1. The fourth-order valence-electron chi connectivity index (χ4n) is 11.7. The van der Waals surface area contributed by atoms with Gasteiger partial charge in [0.15, 0.2) is 11.4 Å². The summed E-state index contributed by atoms with van der Waals surface area (Å²) in [7, 11) is -3.34.